The zero-order valence-electron chi connectivity index (χ0n) is 7.97. The molecule has 2 rings (SSSR count). The predicted molar refractivity (Wildman–Crippen MR) is 57.9 cm³/mol. The normalized spacial score (nSPS) is 14.1. The lowest BCUT2D eigenvalue weighted by molar-refractivity contribution is 0.170. The standard InChI is InChI=1S/C10H12BrNO2/c1-12-6-7-4-8(11)10-9(5-7)13-2-3-14-10/h4-5,12H,2-3,6H2,1H3. The van der Waals surface area contributed by atoms with E-state index in [0.29, 0.717) is 13.2 Å². The second kappa shape index (κ2) is 4.19. The summed E-state index contributed by atoms with van der Waals surface area (Å²) >= 11 is 3.47. The molecule has 0 unspecified atom stereocenters. The fourth-order valence-electron chi connectivity index (χ4n) is 1.47. The van der Waals surface area contributed by atoms with E-state index in [2.05, 4.69) is 21.2 Å². The van der Waals surface area contributed by atoms with Gasteiger partial charge in [-0.25, -0.2) is 0 Å². The molecule has 3 nitrogen and oxygen atoms in total. The molecule has 0 saturated carbocycles. The molecule has 1 aromatic rings. The van der Waals surface area contributed by atoms with Gasteiger partial charge < -0.3 is 14.8 Å². The van der Waals surface area contributed by atoms with Gasteiger partial charge in [-0.15, -0.1) is 0 Å². The van der Waals surface area contributed by atoms with Crippen molar-refractivity contribution in [3.05, 3.63) is 22.2 Å². The first-order valence-electron chi connectivity index (χ1n) is 4.54. The number of ether oxygens (including phenoxy) is 2. The van der Waals surface area contributed by atoms with Gasteiger partial charge in [-0.2, -0.15) is 0 Å². The van der Waals surface area contributed by atoms with Crippen molar-refractivity contribution >= 4 is 15.9 Å². The third kappa shape index (κ3) is 1.86. The van der Waals surface area contributed by atoms with Crippen molar-refractivity contribution in [2.75, 3.05) is 20.3 Å². The zero-order chi connectivity index (χ0) is 9.97. The second-order valence-electron chi connectivity index (χ2n) is 3.13. The van der Waals surface area contributed by atoms with Crippen LogP contribution in [0, 0.1) is 0 Å². The quantitative estimate of drug-likeness (QED) is 0.879. The van der Waals surface area contributed by atoms with E-state index in [1.807, 2.05) is 19.2 Å². The highest BCUT2D eigenvalue weighted by Gasteiger charge is 2.15. The van der Waals surface area contributed by atoms with E-state index >= 15 is 0 Å². The summed E-state index contributed by atoms with van der Waals surface area (Å²) in [5.41, 5.74) is 1.18. The maximum atomic E-state index is 5.51. The molecule has 0 bridgehead atoms. The van der Waals surface area contributed by atoms with Gasteiger partial charge in [0.05, 0.1) is 4.47 Å². The lowest BCUT2D eigenvalue weighted by Crippen LogP contribution is -2.16. The highest BCUT2D eigenvalue weighted by atomic mass is 79.9. The summed E-state index contributed by atoms with van der Waals surface area (Å²) in [6.45, 7) is 2.08. The zero-order valence-corrected chi connectivity index (χ0v) is 9.56. The van der Waals surface area contributed by atoms with Crippen LogP contribution in [0.2, 0.25) is 0 Å². The van der Waals surface area contributed by atoms with E-state index < -0.39 is 0 Å². The van der Waals surface area contributed by atoms with E-state index in [1.54, 1.807) is 0 Å². The van der Waals surface area contributed by atoms with Crippen LogP contribution in [0.1, 0.15) is 5.56 Å². The molecule has 4 heteroatoms. The van der Waals surface area contributed by atoms with Crippen LogP contribution in [-0.2, 0) is 6.54 Å². The third-order valence-electron chi connectivity index (χ3n) is 2.04. The topological polar surface area (TPSA) is 30.5 Å². The van der Waals surface area contributed by atoms with E-state index in [1.165, 1.54) is 5.56 Å². The second-order valence-corrected chi connectivity index (χ2v) is 3.99. The predicted octanol–water partition coefficient (Wildman–Crippen LogP) is 1.94. The molecule has 1 heterocycles. The fraction of sp³-hybridized carbons (Fsp3) is 0.400. The Kier molecular flexibility index (Phi) is 2.93. The van der Waals surface area contributed by atoms with Gasteiger partial charge in [-0.05, 0) is 40.7 Å². The number of rotatable bonds is 2. The first-order chi connectivity index (χ1) is 6.81. The number of halogens is 1. The number of hydrogen-bond acceptors (Lipinski definition) is 3. The Labute approximate surface area is 91.5 Å². The minimum Gasteiger partial charge on any atom is -0.486 e. The molecule has 1 N–H and O–H groups in total. The summed E-state index contributed by atoms with van der Waals surface area (Å²) in [6, 6.07) is 4.06. The molecule has 0 spiro atoms. The number of benzene rings is 1. The molecule has 0 aromatic heterocycles. The van der Waals surface area contributed by atoms with Crippen LogP contribution < -0.4 is 14.8 Å². The van der Waals surface area contributed by atoms with Crippen LogP contribution in [0.5, 0.6) is 11.5 Å². The van der Waals surface area contributed by atoms with Crippen molar-refractivity contribution < 1.29 is 9.47 Å². The number of fused-ring (bicyclic) bond motifs is 1. The minimum absolute atomic E-state index is 0.622. The Balaban J connectivity index is 2.36. The van der Waals surface area contributed by atoms with Crippen molar-refractivity contribution in [3.8, 4) is 11.5 Å². The van der Waals surface area contributed by atoms with Gasteiger partial charge in [-0.3, -0.25) is 0 Å². The average Bonchev–Trinajstić information content (AvgIpc) is 2.18. The van der Waals surface area contributed by atoms with Crippen LogP contribution in [0.4, 0.5) is 0 Å². The SMILES string of the molecule is CNCc1cc(Br)c2c(c1)OCCO2. The Hall–Kier alpha value is -0.740. The van der Waals surface area contributed by atoms with Crippen LogP contribution in [0.3, 0.4) is 0 Å². The van der Waals surface area contributed by atoms with Crippen LogP contribution >= 0.6 is 15.9 Å². The number of hydrogen-bond donors (Lipinski definition) is 1. The molecule has 0 saturated heterocycles. The average molecular weight is 258 g/mol. The largest absolute Gasteiger partial charge is 0.486 e. The van der Waals surface area contributed by atoms with Crippen molar-refractivity contribution in [1.82, 2.24) is 5.32 Å². The lowest BCUT2D eigenvalue weighted by atomic mass is 10.2. The highest BCUT2D eigenvalue weighted by Crippen LogP contribution is 2.38. The molecule has 1 aliphatic rings. The smallest absolute Gasteiger partial charge is 0.175 e. The Morgan fingerprint density at radius 3 is 2.93 bits per heavy atom. The molecule has 14 heavy (non-hydrogen) atoms. The summed E-state index contributed by atoms with van der Waals surface area (Å²) in [5, 5.41) is 3.10. The van der Waals surface area contributed by atoms with Gasteiger partial charge in [0.1, 0.15) is 13.2 Å². The van der Waals surface area contributed by atoms with Gasteiger partial charge in [0.2, 0.25) is 0 Å². The van der Waals surface area contributed by atoms with Crippen LogP contribution in [0.15, 0.2) is 16.6 Å². The van der Waals surface area contributed by atoms with E-state index in [9.17, 15) is 0 Å². The van der Waals surface area contributed by atoms with Crippen LogP contribution in [0.25, 0.3) is 0 Å². The summed E-state index contributed by atoms with van der Waals surface area (Å²) in [4.78, 5) is 0. The fourth-order valence-corrected chi connectivity index (χ4v) is 2.07. The minimum atomic E-state index is 0.622. The van der Waals surface area contributed by atoms with E-state index in [-0.39, 0.29) is 0 Å². The van der Waals surface area contributed by atoms with Gasteiger partial charge in [0, 0.05) is 6.54 Å². The molecule has 76 valence electrons. The van der Waals surface area contributed by atoms with E-state index in [0.717, 1.165) is 22.5 Å². The molecule has 0 radical (unpaired) electrons. The summed E-state index contributed by atoms with van der Waals surface area (Å²) in [6.07, 6.45) is 0. The highest BCUT2D eigenvalue weighted by molar-refractivity contribution is 9.10. The van der Waals surface area contributed by atoms with E-state index in [4.69, 9.17) is 9.47 Å². The Morgan fingerprint density at radius 2 is 2.14 bits per heavy atom. The monoisotopic (exact) mass is 257 g/mol. The van der Waals surface area contributed by atoms with Crippen molar-refractivity contribution in [2.45, 2.75) is 6.54 Å². The molecule has 1 aromatic carbocycles. The summed E-state index contributed by atoms with van der Waals surface area (Å²) < 4.78 is 12.0. The lowest BCUT2D eigenvalue weighted by Gasteiger charge is -2.20. The molecule has 0 amide bonds. The van der Waals surface area contributed by atoms with Gasteiger partial charge in [0.25, 0.3) is 0 Å². The molecular weight excluding hydrogens is 246 g/mol. The third-order valence-corrected chi connectivity index (χ3v) is 2.63. The summed E-state index contributed by atoms with van der Waals surface area (Å²) in [7, 11) is 1.92. The van der Waals surface area contributed by atoms with Crippen molar-refractivity contribution in [1.29, 1.82) is 0 Å². The summed E-state index contributed by atoms with van der Waals surface area (Å²) in [5.74, 6) is 1.65. The Morgan fingerprint density at radius 1 is 1.36 bits per heavy atom. The first kappa shape index (κ1) is 9.80. The maximum absolute atomic E-state index is 5.51. The van der Waals surface area contributed by atoms with Crippen molar-refractivity contribution in [3.63, 3.8) is 0 Å². The Bertz CT molecular complexity index is 341. The molecule has 0 atom stereocenters. The van der Waals surface area contributed by atoms with Gasteiger partial charge in [0.15, 0.2) is 11.5 Å². The molecule has 1 aliphatic heterocycles. The van der Waals surface area contributed by atoms with Crippen molar-refractivity contribution in [2.24, 2.45) is 0 Å². The number of nitrogens with one attached hydrogen (secondary N) is 1. The van der Waals surface area contributed by atoms with Gasteiger partial charge in [-0.1, -0.05) is 0 Å². The molecule has 0 fully saturated rings. The van der Waals surface area contributed by atoms with Gasteiger partial charge >= 0.3 is 0 Å². The first-order valence-corrected chi connectivity index (χ1v) is 5.33. The maximum Gasteiger partial charge on any atom is 0.175 e. The molecule has 0 aliphatic carbocycles. The van der Waals surface area contributed by atoms with Crippen LogP contribution in [-0.4, -0.2) is 20.3 Å². The molecular formula is C10H12BrNO2.